The number of carbonyl (C=O) groups is 1. The molecule has 5 rings (SSSR count). The van der Waals surface area contributed by atoms with Gasteiger partial charge in [0.1, 0.15) is 34.8 Å². The summed E-state index contributed by atoms with van der Waals surface area (Å²) in [7, 11) is 0. The van der Waals surface area contributed by atoms with Gasteiger partial charge in [0.15, 0.2) is 0 Å². The second-order valence-electron chi connectivity index (χ2n) is 8.71. The lowest BCUT2D eigenvalue weighted by atomic mass is 10.1. The fraction of sp³-hybridized carbons (Fsp3) is 0.185. The Morgan fingerprint density at radius 1 is 0.889 bits per heavy atom. The maximum absolute atomic E-state index is 13.6. The number of nitrogens with two attached hydrogens (primary N) is 1. The molecule has 6 nitrogen and oxygen atoms in total. The summed E-state index contributed by atoms with van der Waals surface area (Å²) in [6.07, 6.45) is 0.294. The molecule has 1 aliphatic heterocycles. The van der Waals surface area contributed by atoms with E-state index >= 15 is 0 Å². The molecule has 3 N–H and O–H groups in total. The number of halogens is 3. The molecule has 0 saturated heterocycles. The Morgan fingerprint density at radius 2 is 1.47 bits per heavy atom. The summed E-state index contributed by atoms with van der Waals surface area (Å²) in [6, 6.07) is 17.1. The molecule has 4 aromatic rings. The van der Waals surface area contributed by atoms with Gasteiger partial charge in [-0.3, -0.25) is 4.79 Å². The second kappa shape index (κ2) is 9.87. The number of rotatable bonds is 6. The van der Waals surface area contributed by atoms with Crippen LogP contribution < -0.4 is 11.1 Å². The maximum atomic E-state index is 13.6. The number of amides is 1. The number of nitrogens with zero attached hydrogens (tertiary/aromatic N) is 3. The van der Waals surface area contributed by atoms with E-state index in [0.717, 1.165) is 5.56 Å². The molecule has 184 valence electrons. The van der Waals surface area contributed by atoms with Crippen LogP contribution in [-0.2, 0) is 24.3 Å². The zero-order chi connectivity index (χ0) is 25.2. The highest BCUT2D eigenvalue weighted by molar-refractivity contribution is 5.82. The quantitative estimate of drug-likeness (QED) is 0.413. The number of hydrogen-bond donors (Lipinski definition) is 2. The minimum Gasteiger partial charge on any atom is -0.340 e. The van der Waals surface area contributed by atoms with Gasteiger partial charge >= 0.3 is 0 Å². The van der Waals surface area contributed by atoms with Crippen molar-refractivity contribution in [3.05, 3.63) is 102 Å². The van der Waals surface area contributed by atoms with Crippen molar-refractivity contribution < 1.29 is 18.0 Å². The maximum Gasteiger partial charge on any atom is 0.240 e. The van der Waals surface area contributed by atoms with E-state index in [-0.39, 0.29) is 29.9 Å². The van der Waals surface area contributed by atoms with Gasteiger partial charge in [0.25, 0.3) is 0 Å². The van der Waals surface area contributed by atoms with Gasteiger partial charge in [-0.15, -0.1) is 0 Å². The van der Waals surface area contributed by atoms with Crippen LogP contribution >= 0.6 is 0 Å². The summed E-state index contributed by atoms with van der Waals surface area (Å²) in [6.45, 7) is 1.12. The molecule has 1 aromatic heterocycles. The average molecular weight is 492 g/mol. The monoisotopic (exact) mass is 491 g/mol. The number of anilines is 2. The van der Waals surface area contributed by atoms with E-state index in [1.54, 1.807) is 41.3 Å². The summed E-state index contributed by atoms with van der Waals surface area (Å²) < 4.78 is 42.1. The highest BCUT2D eigenvalue weighted by Gasteiger charge is 2.29. The molecule has 0 radical (unpaired) electrons. The number of hydrogen-bond acceptors (Lipinski definition) is 4. The third-order valence-corrected chi connectivity index (χ3v) is 6.19. The van der Waals surface area contributed by atoms with Crippen LogP contribution in [0.1, 0.15) is 11.4 Å². The van der Waals surface area contributed by atoms with Crippen molar-refractivity contribution in [1.29, 1.82) is 0 Å². The smallest absolute Gasteiger partial charge is 0.240 e. The summed E-state index contributed by atoms with van der Waals surface area (Å²) in [4.78, 5) is 19.5. The van der Waals surface area contributed by atoms with Crippen LogP contribution in [0.25, 0.3) is 11.3 Å². The molecule has 9 heteroatoms. The van der Waals surface area contributed by atoms with E-state index in [1.807, 2.05) is 4.57 Å². The van der Waals surface area contributed by atoms with E-state index in [2.05, 4.69) is 5.32 Å². The Bertz CT molecular complexity index is 1370. The molecule has 0 unspecified atom stereocenters. The van der Waals surface area contributed by atoms with Crippen LogP contribution in [0.2, 0.25) is 0 Å². The van der Waals surface area contributed by atoms with Gasteiger partial charge in [-0.2, -0.15) is 0 Å². The molecular weight excluding hydrogens is 467 g/mol. The molecule has 0 saturated carbocycles. The molecule has 0 fully saturated rings. The lowest BCUT2D eigenvalue weighted by Gasteiger charge is -2.30. The van der Waals surface area contributed by atoms with Gasteiger partial charge in [-0.05, 0) is 72.6 Å². The van der Waals surface area contributed by atoms with Gasteiger partial charge in [-0.25, -0.2) is 18.2 Å². The van der Waals surface area contributed by atoms with Gasteiger partial charge in [0.05, 0.1) is 12.6 Å². The molecule has 0 spiro atoms. The lowest BCUT2D eigenvalue weighted by molar-refractivity contribution is -0.134. The van der Waals surface area contributed by atoms with Gasteiger partial charge in [0, 0.05) is 24.3 Å². The summed E-state index contributed by atoms with van der Waals surface area (Å²) in [5.74, 6) is 0.0513. The number of imidazole rings is 1. The van der Waals surface area contributed by atoms with Gasteiger partial charge in [-0.1, -0.05) is 12.1 Å². The first kappa shape index (κ1) is 23.6. The van der Waals surface area contributed by atoms with Crippen LogP contribution in [0.5, 0.6) is 0 Å². The minimum atomic E-state index is -0.773. The lowest BCUT2D eigenvalue weighted by Crippen LogP contribution is -2.47. The first-order valence-electron chi connectivity index (χ1n) is 11.5. The Hall–Kier alpha value is -4.11. The third-order valence-electron chi connectivity index (χ3n) is 6.19. The van der Waals surface area contributed by atoms with Crippen molar-refractivity contribution in [3.63, 3.8) is 0 Å². The second-order valence-corrected chi connectivity index (χ2v) is 8.71. The highest BCUT2D eigenvalue weighted by Crippen LogP contribution is 2.33. The molecule has 1 aliphatic rings. The van der Waals surface area contributed by atoms with E-state index in [1.165, 1.54) is 36.4 Å². The molecule has 0 aliphatic carbocycles. The molecular formula is C27H24F3N5O. The summed E-state index contributed by atoms with van der Waals surface area (Å²) in [5, 5.41) is 3.31. The molecule has 1 amide bonds. The van der Waals surface area contributed by atoms with Gasteiger partial charge < -0.3 is 20.5 Å². The van der Waals surface area contributed by atoms with Gasteiger partial charge in [0.2, 0.25) is 5.91 Å². The molecule has 3 aromatic carbocycles. The zero-order valence-electron chi connectivity index (χ0n) is 19.3. The zero-order valence-corrected chi connectivity index (χ0v) is 19.3. The number of benzene rings is 3. The van der Waals surface area contributed by atoms with E-state index in [9.17, 15) is 18.0 Å². The SMILES string of the molecule is N[C@@H](Cc1ccc(F)cc1)C(=O)N1CCn2c(nc(-c3ccc(F)cc3)c2Nc2ccc(F)cc2)C1. The van der Waals surface area contributed by atoms with Crippen molar-refractivity contribution in [3.8, 4) is 11.3 Å². The standard InChI is InChI=1S/C27H24F3N5O/c28-19-5-1-17(2-6-19)15-23(31)27(36)34-13-14-35-24(16-34)33-25(18-3-7-20(29)8-4-18)26(35)32-22-11-9-21(30)10-12-22/h1-12,23,32H,13-16,31H2/t23-/m0/s1. The molecule has 36 heavy (non-hydrogen) atoms. The number of nitrogens with one attached hydrogen (secondary N) is 1. The molecule has 1 atom stereocenters. The van der Waals surface area contributed by atoms with Crippen molar-refractivity contribution in [2.24, 2.45) is 5.73 Å². The molecule has 0 bridgehead atoms. The van der Waals surface area contributed by atoms with Crippen LogP contribution in [0.3, 0.4) is 0 Å². The Labute approximate surface area is 206 Å². The van der Waals surface area contributed by atoms with Crippen molar-refractivity contribution in [1.82, 2.24) is 14.5 Å². The summed E-state index contributed by atoms with van der Waals surface area (Å²) >= 11 is 0. The predicted octanol–water partition coefficient (Wildman–Crippen LogP) is 4.62. The fourth-order valence-corrected chi connectivity index (χ4v) is 4.32. The average Bonchev–Trinajstić information content (AvgIpc) is 3.24. The summed E-state index contributed by atoms with van der Waals surface area (Å²) in [5.41, 5.74) is 8.95. The van der Waals surface area contributed by atoms with E-state index in [0.29, 0.717) is 48.1 Å². The third kappa shape index (κ3) is 4.96. The Balaban J connectivity index is 1.41. The number of carbonyl (C=O) groups excluding carboxylic acids is 1. The van der Waals surface area contributed by atoms with E-state index in [4.69, 9.17) is 10.7 Å². The number of aromatic nitrogens is 2. The van der Waals surface area contributed by atoms with Crippen molar-refractivity contribution >= 4 is 17.4 Å². The minimum absolute atomic E-state index is 0.218. The van der Waals surface area contributed by atoms with Crippen molar-refractivity contribution in [2.75, 3.05) is 11.9 Å². The number of fused-ring (bicyclic) bond motifs is 1. The Kier molecular flexibility index (Phi) is 6.47. The highest BCUT2D eigenvalue weighted by atomic mass is 19.1. The van der Waals surface area contributed by atoms with Crippen LogP contribution in [0.4, 0.5) is 24.7 Å². The Morgan fingerprint density at radius 3 is 2.11 bits per heavy atom. The normalized spacial score (nSPS) is 13.8. The predicted molar refractivity (Wildman–Crippen MR) is 131 cm³/mol. The largest absolute Gasteiger partial charge is 0.340 e. The topological polar surface area (TPSA) is 76.2 Å². The van der Waals surface area contributed by atoms with Crippen LogP contribution in [-0.4, -0.2) is 32.9 Å². The van der Waals surface area contributed by atoms with Crippen LogP contribution in [0, 0.1) is 17.5 Å². The fourth-order valence-electron chi connectivity index (χ4n) is 4.32. The van der Waals surface area contributed by atoms with E-state index < -0.39 is 6.04 Å². The first-order chi connectivity index (χ1) is 17.4. The first-order valence-corrected chi connectivity index (χ1v) is 11.5. The van der Waals surface area contributed by atoms with Crippen molar-refractivity contribution in [2.45, 2.75) is 25.6 Å². The van der Waals surface area contributed by atoms with Crippen LogP contribution in [0.15, 0.2) is 72.8 Å². The molecule has 2 heterocycles.